The molecule has 11 aromatic rings. The fraction of sp³-hybridized carbons (Fsp3) is 0. The van der Waals surface area contributed by atoms with Gasteiger partial charge in [0, 0.05) is 57.0 Å². The van der Waals surface area contributed by atoms with E-state index < -0.39 is 0 Å². The second-order valence-electron chi connectivity index (χ2n) is 14.0. The summed E-state index contributed by atoms with van der Waals surface area (Å²) >= 11 is 3.70. The first-order valence-corrected chi connectivity index (χ1v) is 20.3. The maximum atomic E-state index is 5.11. The van der Waals surface area contributed by atoms with Crippen LogP contribution >= 0.6 is 22.7 Å². The van der Waals surface area contributed by atoms with Gasteiger partial charge in [0.1, 0.15) is 0 Å². The fourth-order valence-corrected chi connectivity index (χ4v) is 10.2. The predicted molar refractivity (Wildman–Crippen MR) is 238 cm³/mol. The van der Waals surface area contributed by atoms with Crippen molar-refractivity contribution in [1.82, 2.24) is 15.0 Å². The average Bonchev–Trinajstić information content (AvgIpc) is 3.85. The Morgan fingerprint density at radius 3 is 1.62 bits per heavy atom. The molecule has 3 aromatic heterocycles. The van der Waals surface area contributed by atoms with E-state index in [2.05, 4.69) is 164 Å². The molecule has 0 aliphatic heterocycles. The van der Waals surface area contributed by atoms with Gasteiger partial charge in [-0.05, 0) is 63.7 Å². The highest BCUT2D eigenvalue weighted by Gasteiger charge is 2.18. The zero-order valence-corrected chi connectivity index (χ0v) is 31.7. The summed E-state index contributed by atoms with van der Waals surface area (Å²) in [5, 5.41) is 5.12. The number of rotatable bonds is 6. The van der Waals surface area contributed by atoms with Crippen LogP contribution in [0.4, 0.5) is 0 Å². The zero-order chi connectivity index (χ0) is 37.0. The van der Waals surface area contributed by atoms with Crippen LogP contribution in [0, 0.1) is 0 Å². The summed E-state index contributed by atoms with van der Waals surface area (Å²) in [4.78, 5) is 15.2. The van der Waals surface area contributed by atoms with Crippen molar-refractivity contribution >= 4 is 63.0 Å². The Kier molecular flexibility index (Phi) is 7.87. The molecule has 0 unspecified atom stereocenters. The summed E-state index contributed by atoms with van der Waals surface area (Å²) in [6.45, 7) is 0. The quantitative estimate of drug-likeness (QED) is 0.170. The van der Waals surface area contributed by atoms with Crippen LogP contribution in [0.3, 0.4) is 0 Å². The Balaban J connectivity index is 1.03. The normalized spacial score (nSPS) is 11.6. The van der Waals surface area contributed by atoms with Gasteiger partial charge in [-0.15, -0.1) is 22.7 Å². The number of hydrogen-bond acceptors (Lipinski definition) is 5. The van der Waals surface area contributed by atoms with E-state index in [1.807, 2.05) is 46.9 Å². The minimum Gasteiger partial charge on any atom is -0.208 e. The first-order chi connectivity index (χ1) is 27.7. The molecule has 0 bridgehead atoms. The van der Waals surface area contributed by atoms with Gasteiger partial charge in [-0.25, -0.2) is 15.0 Å². The van der Waals surface area contributed by atoms with Crippen molar-refractivity contribution in [2.45, 2.75) is 0 Å². The molecule has 0 fully saturated rings. The van der Waals surface area contributed by atoms with Gasteiger partial charge < -0.3 is 0 Å². The van der Waals surface area contributed by atoms with Crippen molar-refractivity contribution in [3.05, 3.63) is 188 Å². The zero-order valence-electron chi connectivity index (χ0n) is 30.1. The maximum absolute atomic E-state index is 5.11. The number of hydrogen-bond donors (Lipinski definition) is 0. The average molecular weight is 750 g/mol. The van der Waals surface area contributed by atoms with Crippen LogP contribution in [-0.2, 0) is 0 Å². The smallest absolute Gasteiger partial charge is 0.164 e. The molecule has 0 aliphatic carbocycles. The molecule has 0 saturated carbocycles. The molecule has 0 aliphatic rings. The van der Waals surface area contributed by atoms with Gasteiger partial charge in [0.25, 0.3) is 0 Å². The Labute approximate surface area is 331 Å². The third kappa shape index (κ3) is 5.68. The van der Waals surface area contributed by atoms with Gasteiger partial charge in [-0.1, -0.05) is 158 Å². The van der Waals surface area contributed by atoms with Gasteiger partial charge >= 0.3 is 0 Å². The molecule has 0 atom stereocenters. The summed E-state index contributed by atoms with van der Waals surface area (Å²) in [6, 6.07) is 66.8. The second-order valence-corrected chi connectivity index (χ2v) is 16.1. The summed E-state index contributed by atoms with van der Waals surface area (Å²) < 4.78 is 5.09. The Bertz CT molecular complexity index is 3240. The molecule has 5 heteroatoms. The van der Waals surface area contributed by atoms with Crippen LogP contribution in [0.5, 0.6) is 0 Å². The molecular formula is C51H31N3S2. The van der Waals surface area contributed by atoms with E-state index in [4.69, 9.17) is 15.0 Å². The highest BCUT2D eigenvalue weighted by molar-refractivity contribution is 7.26. The molecule has 11 rings (SSSR count). The van der Waals surface area contributed by atoms with Crippen molar-refractivity contribution in [2.75, 3.05) is 0 Å². The van der Waals surface area contributed by atoms with Crippen LogP contribution in [0.2, 0.25) is 0 Å². The molecule has 0 N–H and O–H groups in total. The third-order valence-corrected chi connectivity index (χ3v) is 12.9. The maximum Gasteiger partial charge on any atom is 0.164 e. The van der Waals surface area contributed by atoms with Crippen molar-refractivity contribution < 1.29 is 0 Å². The van der Waals surface area contributed by atoms with Gasteiger partial charge in [-0.2, -0.15) is 0 Å². The van der Waals surface area contributed by atoms with Crippen LogP contribution in [0.1, 0.15) is 0 Å². The Morgan fingerprint density at radius 1 is 0.286 bits per heavy atom. The predicted octanol–water partition coefficient (Wildman–Crippen LogP) is 14.6. The van der Waals surface area contributed by atoms with E-state index in [0.717, 1.165) is 27.8 Å². The molecule has 0 amide bonds. The molecule has 0 spiro atoms. The highest BCUT2D eigenvalue weighted by atomic mass is 32.1. The minimum absolute atomic E-state index is 0.651. The van der Waals surface area contributed by atoms with E-state index in [9.17, 15) is 0 Å². The van der Waals surface area contributed by atoms with Gasteiger partial charge in [-0.3, -0.25) is 0 Å². The second kappa shape index (κ2) is 13.5. The standard InChI is InChI=1S/C51H31N3S2/c1-4-13-32(14-5-1)35-19-12-20-37(29-35)50-52-49(34-17-8-3-9-18-34)53-51(54-50)38-23-25-41-43-30-36(24-28-45(43)55-46(41)31-38)39-26-27-40(33-15-6-2-7-16-33)48-47(39)42-21-10-11-22-44(42)56-48/h1-31H. The van der Waals surface area contributed by atoms with Crippen LogP contribution < -0.4 is 0 Å². The lowest BCUT2D eigenvalue weighted by atomic mass is 9.94. The van der Waals surface area contributed by atoms with E-state index in [1.54, 1.807) is 0 Å². The lowest BCUT2D eigenvalue weighted by Gasteiger charge is -2.10. The summed E-state index contributed by atoms with van der Waals surface area (Å²) in [7, 11) is 0. The monoisotopic (exact) mass is 749 g/mol. The van der Waals surface area contributed by atoms with Gasteiger partial charge in [0.2, 0.25) is 0 Å². The fourth-order valence-electron chi connectivity index (χ4n) is 7.82. The van der Waals surface area contributed by atoms with Gasteiger partial charge in [0.05, 0.1) is 0 Å². The van der Waals surface area contributed by atoms with Crippen LogP contribution in [-0.4, -0.2) is 15.0 Å². The van der Waals surface area contributed by atoms with E-state index in [0.29, 0.717) is 17.5 Å². The number of aromatic nitrogens is 3. The SMILES string of the molecule is c1ccc(-c2cccc(-c3nc(-c4ccccc4)nc(-c4ccc5c(c4)sc4ccc(-c6ccc(-c7ccccc7)c7sc8ccccc8c67)cc45)n3)c2)cc1. The molecule has 0 saturated heterocycles. The van der Waals surface area contributed by atoms with Crippen molar-refractivity contribution in [3.8, 4) is 67.5 Å². The minimum atomic E-state index is 0.651. The number of fused-ring (bicyclic) bond motifs is 6. The Morgan fingerprint density at radius 2 is 0.857 bits per heavy atom. The lowest BCUT2D eigenvalue weighted by Crippen LogP contribution is -2.00. The van der Waals surface area contributed by atoms with Crippen LogP contribution in [0.15, 0.2) is 188 Å². The first-order valence-electron chi connectivity index (χ1n) is 18.7. The molecule has 262 valence electrons. The molecule has 56 heavy (non-hydrogen) atoms. The Hall–Kier alpha value is -6.79. The number of benzene rings is 8. The number of thiophene rings is 2. The summed E-state index contributed by atoms with van der Waals surface area (Å²) in [5.41, 5.74) is 10.2. The largest absolute Gasteiger partial charge is 0.208 e. The molecule has 8 aromatic carbocycles. The lowest BCUT2D eigenvalue weighted by molar-refractivity contribution is 1.07. The van der Waals surface area contributed by atoms with Gasteiger partial charge in [0.15, 0.2) is 17.5 Å². The van der Waals surface area contributed by atoms with Crippen molar-refractivity contribution in [1.29, 1.82) is 0 Å². The molecule has 3 nitrogen and oxygen atoms in total. The van der Waals surface area contributed by atoms with Crippen molar-refractivity contribution in [3.63, 3.8) is 0 Å². The molecule has 0 radical (unpaired) electrons. The van der Waals surface area contributed by atoms with Crippen LogP contribution in [0.25, 0.3) is 108 Å². The van der Waals surface area contributed by atoms with E-state index >= 15 is 0 Å². The topological polar surface area (TPSA) is 38.7 Å². The molecular weight excluding hydrogens is 719 g/mol. The molecule has 3 heterocycles. The highest BCUT2D eigenvalue weighted by Crippen LogP contribution is 2.46. The first kappa shape index (κ1) is 32.6. The van der Waals surface area contributed by atoms with Crippen molar-refractivity contribution in [2.24, 2.45) is 0 Å². The summed E-state index contributed by atoms with van der Waals surface area (Å²) in [6.07, 6.45) is 0. The van der Waals surface area contributed by atoms with E-state index in [-0.39, 0.29) is 0 Å². The third-order valence-electron chi connectivity index (χ3n) is 10.5. The number of nitrogens with zero attached hydrogens (tertiary/aromatic N) is 3. The summed E-state index contributed by atoms with van der Waals surface area (Å²) in [5.74, 6) is 1.96. The van der Waals surface area contributed by atoms with E-state index in [1.165, 1.54) is 62.6 Å².